The fraction of sp³-hybridized carbons (Fsp3) is 0.931. The Morgan fingerprint density at radius 2 is 1.15 bits per heavy atom. The Morgan fingerprint density at radius 3 is 1.64 bits per heavy atom. The van der Waals surface area contributed by atoms with Crippen LogP contribution in [0.2, 0.25) is 0 Å². The molecule has 10 heteroatoms. The molecule has 0 spiro atoms. The molecule has 0 heterocycles. The zero-order valence-corrected chi connectivity index (χ0v) is 26.5. The maximum absolute atomic E-state index is 12.4. The molecule has 0 bridgehead atoms. The van der Waals surface area contributed by atoms with Gasteiger partial charge in [0.15, 0.2) is 6.10 Å². The van der Waals surface area contributed by atoms with Gasteiger partial charge in [0, 0.05) is 12.8 Å². The van der Waals surface area contributed by atoms with Crippen LogP contribution in [0.3, 0.4) is 0 Å². The SMILES string of the molecule is CCCCCCCCCCC(=O)OC(COC(=O)CCCCCCCCC)COP(=O)([O-])OCC[N+](C)(C)C. The highest BCUT2D eigenvalue weighted by Gasteiger charge is 2.21. The second kappa shape index (κ2) is 23.7. The molecule has 39 heavy (non-hydrogen) atoms. The number of phosphoric acid groups is 1. The first-order valence-corrected chi connectivity index (χ1v) is 16.7. The van der Waals surface area contributed by atoms with Crippen molar-refractivity contribution in [2.75, 3.05) is 47.5 Å². The molecule has 0 radical (unpaired) electrons. The van der Waals surface area contributed by atoms with Gasteiger partial charge in [-0.15, -0.1) is 0 Å². The number of phosphoric ester groups is 1. The highest BCUT2D eigenvalue weighted by molar-refractivity contribution is 7.45. The van der Waals surface area contributed by atoms with E-state index >= 15 is 0 Å². The Labute approximate surface area is 238 Å². The molecular formula is C29H58NO8P. The lowest BCUT2D eigenvalue weighted by atomic mass is 10.1. The Hall–Kier alpha value is -0.990. The molecule has 0 N–H and O–H groups in total. The first-order valence-electron chi connectivity index (χ1n) is 15.2. The third-order valence-electron chi connectivity index (χ3n) is 6.38. The van der Waals surface area contributed by atoms with Gasteiger partial charge in [-0.3, -0.25) is 14.2 Å². The van der Waals surface area contributed by atoms with Crippen molar-refractivity contribution in [3.8, 4) is 0 Å². The lowest BCUT2D eigenvalue weighted by Crippen LogP contribution is -2.37. The molecule has 0 aromatic rings. The van der Waals surface area contributed by atoms with Gasteiger partial charge in [-0.2, -0.15) is 0 Å². The van der Waals surface area contributed by atoms with Crippen LogP contribution in [0.4, 0.5) is 0 Å². The number of hydrogen-bond acceptors (Lipinski definition) is 8. The van der Waals surface area contributed by atoms with E-state index in [9.17, 15) is 19.0 Å². The molecule has 2 atom stereocenters. The molecule has 0 aliphatic heterocycles. The number of hydrogen-bond donors (Lipinski definition) is 0. The quantitative estimate of drug-likeness (QED) is 0.0481. The molecule has 0 aliphatic carbocycles. The number of rotatable bonds is 27. The number of likely N-dealkylation sites (N-methyl/N-ethyl adjacent to an activating group) is 1. The maximum Gasteiger partial charge on any atom is 0.306 e. The van der Waals surface area contributed by atoms with E-state index in [-0.39, 0.29) is 26.1 Å². The largest absolute Gasteiger partial charge is 0.756 e. The van der Waals surface area contributed by atoms with Crippen LogP contribution in [-0.2, 0) is 32.7 Å². The molecule has 232 valence electrons. The number of nitrogens with zero attached hydrogens (tertiary/aromatic N) is 1. The van der Waals surface area contributed by atoms with Crippen LogP contribution in [-0.4, -0.2) is 70.0 Å². The monoisotopic (exact) mass is 579 g/mol. The highest BCUT2D eigenvalue weighted by atomic mass is 31.2. The van der Waals surface area contributed by atoms with E-state index in [1.807, 2.05) is 21.1 Å². The summed E-state index contributed by atoms with van der Waals surface area (Å²) in [4.78, 5) is 36.8. The summed E-state index contributed by atoms with van der Waals surface area (Å²) in [5.41, 5.74) is 0. The van der Waals surface area contributed by atoms with Crippen molar-refractivity contribution < 1.29 is 42.1 Å². The maximum atomic E-state index is 12.4. The van der Waals surface area contributed by atoms with Crippen molar-refractivity contribution in [3.05, 3.63) is 0 Å². The molecule has 2 unspecified atom stereocenters. The topological polar surface area (TPSA) is 111 Å². The summed E-state index contributed by atoms with van der Waals surface area (Å²) in [6, 6.07) is 0. The lowest BCUT2D eigenvalue weighted by Gasteiger charge is -2.28. The standard InChI is InChI=1S/C29H58NO8P/c1-6-8-10-12-14-16-18-20-22-29(32)38-27(26-37-39(33,34)36-24-23-30(3,4)5)25-35-28(31)21-19-17-15-13-11-9-7-2/h27H,6-26H2,1-5H3. The molecule has 0 amide bonds. The Bertz CT molecular complexity index is 668. The summed E-state index contributed by atoms with van der Waals surface area (Å²) in [6.07, 6.45) is 15.9. The molecular weight excluding hydrogens is 521 g/mol. The minimum atomic E-state index is -4.59. The van der Waals surface area contributed by atoms with Gasteiger partial charge in [-0.05, 0) is 12.8 Å². The van der Waals surface area contributed by atoms with Gasteiger partial charge in [0.1, 0.15) is 19.8 Å². The van der Waals surface area contributed by atoms with Crippen molar-refractivity contribution in [3.63, 3.8) is 0 Å². The minimum Gasteiger partial charge on any atom is -0.756 e. The average molecular weight is 580 g/mol. The zero-order chi connectivity index (χ0) is 29.4. The number of ether oxygens (including phenoxy) is 2. The first kappa shape index (κ1) is 38.0. The number of esters is 2. The van der Waals surface area contributed by atoms with E-state index in [0.29, 0.717) is 17.4 Å². The smallest absolute Gasteiger partial charge is 0.306 e. The van der Waals surface area contributed by atoms with Crippen LogP contribution in [0.15, 0.2) is 0 Å². The van der Waals surface area contributed by atoms with Crippen LogP contribution in [0.1, 0.15) is 123 Å². The molecule has 0 fully saturated rings. The summed E-state index contributed by atoms with van der Waals surface area (Å²) >= 11 is 0. The van der Waals surface area contributed by atoms with Crippen molar-refractivity contribution in [2.45, 2.75) is 129 Å². The summed E-state index contributed by atoms with van der Waals surface area (Å²) in [6.45, 7) is 4.11. The van der Waals surface area contributed by atoms with Gasteiger partial charge in [0.25, 0.3) is 7.82 Å². The Morgan fingerprint density at radius 1 is 0.692 bits per heavy atom. The third kappa shape index (κ3) is 27.0. The first-order chi connectivity index (χ1) is 18.5. The molecule has 0 aliphatic rings. The predicted molar refractivity (Wildman–Crippen MR) is 153 cm³/mol. The van der Waals surface area contributed by atoms with Crippen LogP contribution in [0.5, 0.6) is 0 Å². The fourth-order valence-corrected chi connectivity index (χ4v) is 4.62. The number of unbranched alkanes of at least 4 members (excludes halogenated alkanes) is 13. The van der Waals surface area contributed by atoms with Crippen LogP contribution >= 0.6 is 7.82 Å². The number of quaternary nitrogens is 1. The van der Waals surface area contributed by atoms with E-state index in [0.717, 1.165) is 38.5 Å². The third-order valence-corrected chi connectivity index (χ3v) is 7.34. The van der Waals surface area contributed by atoms with E-state index in [1.54, 1.807) is 0 Å². The highest BCUT2D eigenvalue weighted by Crippen LogP contribution is 2.38. The van der Waals surface area contributed by atoms with E-state index < -0.39 is 32.5 Å². The van der Waals surface area contributed by atoms with E-state index in [2.05, 4.69) is 13.8 Å². The molecule has 0 saturated carbocycles. The van der Waals surface area contributed by atoms with E-state index in [4.69, 9.17) is 18.5 Å². The predicted octanol–water partition coefficient (Wildman–Crippen LogP) is 6.32. The Balaban J connectivity index is 4.56. The molecule has 0 rings (SSSR count). The van der Waals surface area contributed by atoms with Crippen molar-refractivity contribution in [1.82, 2.24) is 0 Å². The van der Waals surface area contributed by atoms with Gasteiger partial charge in [0.2, 0.25) is 0 Å². The minimum absolute atomic E-state index is 0.0272. The Kier molecular flexibility index (Phi) is 23.1. The molecule has 9 nitrogen and oxygen atoms in total. The second-order valence-corrected chi connectivity index (χ2v) is 12.9. The summed E-state index contributed by atoms with van der Waals surface area (Å²) in [5, 5.41) is 0. The van der Waals surface area contributed by atoms with Gasteiger partial charge in [0.05, 0.1) is 27.7 Å². The van der Waals surface area contributed by atoms with E-state index in [1.165, 1.54) is 51.4 Å². The molecule has 0 aromatic heterocycles. The van der Waals surface area contributed by atoms with Crippen molar-refractivity contribution in [1.29, 1.82) is 0 Å². The summed E-state index contributed by atoms with van der Waals surface area (Å²) in [7, 11) is 1.17. The molecule has 0 aromatic carbocycles. The number of carbonyl (C=O) groups excluding carboxylic acids is 2. The van der Waals surface area contributed by atoms with Crippen LogP contribution in [0.25, 0.3) is 0 Å². The fourth-order valence-electron chi connectivity index (χ4n) is 3.89. The second-order valence-electron chi connectivity index (χ2n) is 11.5. The van der Waals surface area contributed by atoms with Gasteiger partial charge in [-0.1, -0.05) is 97.3 Å². The van der Waals surface area contributed by atoms with Crippen molar-refractivity contribution >= 4 is 19.8 Å². The van der Waals surface area contributed by atoms with Gasteiger partial charge in [-0.25, -0.2) is 0 Å². The normalized spacial score (nSPS) is 14.1. The van der Waals surface area contributed by atoms with Crippen molar-refractivity contribution in [2.24, 2.45) is 0 Å². The summed E-state index contributed by atoms with van der Waals surface area (Å²) in [5.74, 6) is -0.846. The molecule has 0 saturated heterocycles. The summed E-state index contributed by atoms with van der Waals surface area (Å²) < 4.78 is 33.4. The zero-order valence-electron chi connectivity index (χ0n) is 25.6. The average Bonchev–Trinajstić information content (AvgIpc) is 2.85. The van der Waals surface area contributed by atoms with Gasteiger partial charge >= 0.3 is 11.9 Å². The van der Waals surface area contributed by atoms with Crippen LogP contribution in [0, 0.1) is 0 Å². The van der Waals surface area contributed by atoms with Crippen LogP contribution < -0.4 is 4.89 Å². The van der Waals surface area contributed by atoms with Gasteiger partial charge < -0.3 is 27.9 Å². The number of carbonyl (C=O) groups is 2. The lowest BCUT2D eigenvalue weighted by molar-refractivity contribution is -0.870.